The number of nitrogen functional groups attached to an aromatic ring is 1. The van der Waals surface area contributed by atoms with E-state index >= 15 is 0 Å². The molecule has 4 nitrogen and oxygen atoms in total. The molecule has 0 unspecified atom stereocenters. The van der Waals surface area contributed by atoms with Crippen molar-refractivity contribution >= 4 is 11.3 Å². The lowest BCUT2D eigenvalue weighted by Crippen LogP contribution is -1.91. The summed E-state index contributed by atoms with van der Waals surface area (Å²) in [7, 11) is 0. The van der Waals surface area contributed by atoms with Crippen molar-refractivity contribution < 1.29 is 0 Å². The molecule has 0 fully saturated rings. The van der Waals surface area contributed by atoms with E-state index in [0.29, 0.717) is 11.4 Å². The van der Waals surface area contributed by atoms with Crippen LogP contribution in [0.15, 0.2) is 24.5 Å². The van der Waals surface area contributed by atoms with Gasteiger partial charge in [0.05, 0.1) is 6.20 Å². The first-order valence-corrected chi connectivity index (χ1v) is 3.44. The topological polar surface area (TPSA) is 67.1 Å². The molecule has 2 rings (SSSR count). The highest BCUT2D eigenvalue weighted by atomic mass is 15.0. The van der Waals surface area contributed by atoms with Gasteiger partial charge in [-0.3, -0.25) is 4.40 Å². The number of aromatic nitrogens is 2. The third-order valence-electron chi connectivity index (χ3n) is 1.64. The Morgan fingerprint density at radius 2 is 2.33 bits per heavy atom. The number of anilines is 1. The lowest BCUT2D eigenvalue weighted by Gasteiger charge is -1.95. The van der Waals surface area contributed by atoms with E-state index in [4.69, 9.17) is 11.0 Å². The maximum Gasteiger partial charge on any atom is 0.144 e. The molecule has 0 saturated carbocycles. The monoisotopic (exact) mass is 158 g/mol. The molecule has 0 saturated heterocycles. The zero-order chi connectivity index (χ0) is 8.55. The van der Waals surface area contributed by atoms with Gasteiger partial charge in [-0.25, -0.2) is 4.98 Å². The van der Waals surface area contributed by atoms with Gasteiger partial charge in [0.2, 0.25) is 0 Å². The average Bonchev–Trinajstić information content (AvgIpc) is 2.46. The molecule has 0 aromatic carbocycles. The molecule has 12 heavy (non-hydrogen) atoms. The van der Waals surface area contributed by atoms with Crippen LogP contribution in [0.5, 0.6) is 0 Å². The minimum absolute atomic E-state index is 0.498. The number of nitrogens with two attached hydrogens (primary N) is 1. The molecule has 0 bridgehead atoms. The van der Waals surface area contributed by atoms with Crippen LogP contribution in [0.2, 0.25) is 0 Å². The lowest BCUT2D eigenvalue weighted by molar-refractivity contribution is 1.16. The number of hydrogen-bond acceptors (Lipinski definition) is 3. The molecule has 0 amide bonds. The minimum Gasteiger partial charge on any atom is -0.398 e. The summed E-state index contributed by atoms with van der Waals surface area (Å²) in [5.74, 6) is 0. The SMILES string of the molecule is N#Cc1cnc2ccc(N)cn12. The van der Waals surface area contributed by atoms with Crippen molar-refractivity contribution in [2.75, 3.05) is 5.73 Å². The van der Waals surface area contributed by atoms with E-state index in [0.717, 1.165) is 5.65 Å². The van der Waals surface area contributed by atoms with Crippen LogP contribution in [0, 0.1) is 11.3 Å². The van der Waals surface area contributed by atoms with Crippen molar-refractivity contribution in [3.05, 3.63) is 30.2 Å². The third-order valence-corrected chi connectivity index (χ3v) is 1.64. The quantitative estimate of drug-likeness (QED) is 0.616. The number of nitrogens with zero attached hydrogens (tertiary/aromatic N) is 3. The molecule has 2 aromatic rings. The predicted molar refractivity (Wildman–Crippen MR) is 44.3 cm³/mol. The van der Waals surface area contributed by atoms with Crippen molar-refractivity contribution in [1.82, 2.24) is 9.38 Å². The van der Waals surface area contributed by atoms with Gasteiger partial charge in [0.1, 0.15) is 17.4 Å². The molecule has 2 aromatic heterocycles. The van der Waals surface area contributed by atoms with Gasteiger partial charge in [-0.1, -0.05) is 0 Å². The van der Waals surface area contributed by atoms with Crippen LogP contribution < -0.4 is 5.73 Å². The summed E-state index contributed by atoms with van der Waals surface area (Å²) in [5.41, 5.74) is 7.41. The van der Waals surface area contributed by atoms with Crippen LogP contribution in [0.25, 0.3) is 5.65 Å². The van der Waals surface area contributed by atoms with Crippen molar-refractivity contribution in [1.29, 1.82) is 5.26 Å². The summed E-state index contributed by atoms with van der Waals surface area (Å²) in [6.45, 7) is 0. The zero-order valence-electron chi connectivity index (χ0n) is 6.23. The first-order valence-electron chi connectivity index (χ1n) is 3.44. The Balaban J connectivity index is 2.86. The van der Waals surface area contributed by atoms with Crippen LogP contribution in [0.1, 0.15) is 5.69 Å². The highest BCUT2D eigenvalue weighted by molar-refractivity contribution is 5.50. The molecule has 2 heterocycles. The zero-order valence-corrected chi connectivity index (χ0v) is 6.23. The van der Waals surface area contributed by atoms with E-state index in [9.17, 15) is 0 Å². The lowest BCUT2D eigenvalue weighted by atomic mass is 10.4. The average molecular weight is 158 g/mol. The predicted octanol–water partition coefficient (Wildman–Crippen LogP) is 0.788. The first-order chi connectivity index (χ1) is 5.81. The molecule has 0 aliphatic rings. The Labute approximate surface area is 68.9 Å². The van der Waals surface area contributed by atoms with Gasteiger partial charge in [0.25, 0.3) is 0 Å². The molecule has 2 N–H and O–H groups in total. The molecule has 0 aliphatic heterocycles. The molecule has 0 aliphatic carbocycles. The van der Waals surface area contributed by atoms with E-state index in [1.54, 1.807) is 22.7 Å². The molecular formula is C8H6N4. The van der Waals surface area contributed by atoms with E-state index < -0.39 is 0 Å². The summed E-state index contributed by atoms with van der Waals surface area (Å²) in [6.07, 6.45) is 3.20. The van der Waals surface area contributed by atoms with Gasteiger partial charge in [-0.15, -0.1) is 0 Å². The van der Waals surface area contributed by atoms with Crippen molar-refractivity contribution in [2.45, 2.75) is 0 Å². The van der Waals surface area contributed by atoms with Gasteiger partial charge >= 0.3 is 0 Å². The van der Waals surface area contributed by atoms with Gasteiger partial charge < -0.3 is 5.73 Å². The summed E-state index contributed by atoms with van der Waals surface area (Å²) >= 11 is 0. The Morgan fingerprint density at radius 1 is 1.50 bits per heavy atom. The third kappa shape index (κ3) is 0.805. The highest BCUT2D eigenvalue weighted by Gasteiger charge is 2.00. The molecule has 0 spiro atoms. The molecular weight excluding hydrogens is 152 g/mol. The van der Waals surface area contributed by atoms with Gasteiger partial charge in [-0.05, 0) is 12.1 Å². The minimum atomic E-state index is 0.498. The Bertz CT molecular complexity index is 463. The second-order valence-corrected chi connectivity index (χ2v) is 2.45. The van der Waals surface area contributed by atoms with E-state index in [2.05, 4.69) is 4.98 Å². The summed E-state index contributed by atoms with van der Waals surface area (Å²) < 4.78 is 1.66. The van der Waals surface area contributed by atoms with Crippen LogP contribution in [0.3, 0.4) is 0 Å². The van der Waals surface area contributed by atoms with Crippen molar-refractivity contribution in [2.24, 2.45) is 0 Å². The molecule has 58 valence electrons. The number of pyridine rings is 1. The Morgan fingerprint density at radius 3 is 3.08 bits per heavy atom. The van der Waals surface area contributed by atoms with Crippen LogP contribution in [-0.2, 0) is 0 Å². The smallest absolute Gasteiger partial charge is 0.144 e. The maximum absolute atomic E-state index is 8.66. The van der Waals surface area contributed by atoms with Crippen molar-refractivity contribution in [3.8, 4) is 6.07 Å². The number of fused-ring (bicyclic) bond motifs is 1. The van der Waals surface area contributed by atoms with Crippen LogP contribution in [-0.4, -0.2) is 9.38 Å². The summed E-state index contributed by atoms with van der Waals surface area (Å²) in [4.78, 5) is 4.02. The summed E-state index contributed by atoms with van der Waals surface area (Å²) in [5, 5.41) is 8.66. The van der Waals surface area contributed by atoms with E-state index in [1.807, 2.05) is 6.07 Å². The Hall–Kier alpha value is -2.02. The summed E-state index contributed by atoms with van der Waals surface area (Å²) in [6, 6.07) is 5.55. The van der Waals surface area contributed by atoms with Crippen LogP contribution >= 0.6 is 0 Å². The largest absolute Gasteiger partial charge is 0.398 e. The van der Waals surface area contributed by atoms with E-state index in [-0.39, 0.29) is 0 Å². The van der Waals surface area contributed by atoms with Crippen molar-refractivity contribution in [3.63, 3.8) is 0 Å². The van der Waals surface area contributed by atoms with Gasteiger partial charge in [0.15, 0.2) is 0 Å². The van der Waals surface area contributed by atoms with Gasteiger partial charge in [-0.2, -0.15) is 5.26 Å². The highest BCUT2D eigenvalue weighted by Crippen LogP contribution is 2.08. The number of nitriles is 1. The normalized spacial score (nSPS) is 9.92. The fourth-order valence-corrected chi connectivity index (χ4v) is 1.08. The fourth-order valence-electron chi connectivity index (χ4n) is 1.08. The molecule has 4 heteroatoms. The Kier molecular flexibility index (Phi) is 1.25. The van der Waals surface area contributed by atoms with E-state index in [1.165, 1.54) is 6.20 Å². The first kappa shape index (κ1) is 6.68. The second-order valence-electron chi connectivity index (χ2n) is 2.45. The van der Waals surface area contributed by atoms with Crippen LogP contribution in [0.4, 0.5) is 5.69 Å². The number of hydrogen-bond donors (Lipinski definition) is 1. The second kappa shape index (κ2) is 2.24. The number of rotatable bonds is 0. The molecule has 0 radical (unpaired) electrons. The standard InChI is InChI=1S/C8H6N4/c9-3-7-4-11-8-2-1-6(10)5-12(7)8/h1-2,4-5H,10H2. The van der Waals surface area contributed by atoms with Gasteiger partial charge in [0, 0.05) is 11.9 Å². The molecule has 0 atom stereocenters. The fraction of sp³-hybridized carbons (Fsp3) is 0. The number of imidazole rings is 1. The maximum atomic E-state index is 8.66.